The summed E-state index contributed by atoms with van der Waals surface area (Å²) >= 11 is 1.34. The average Bonchev–Trinajstić information content (AvgIpc) is 3.67. The van der Waals surface area contributed by atoms with Gasteiger partial charge in [-0.1, -0.05) is 54.2 Å². The lowest BCUT2D eigenvalue weighted by Crippen LogP contribution is -2.28. The molecule has 0 unspecified atom stereocenters. The Labute approximate surface area is 213 Å². The Hall–Kier alpha value is -3.98. The number of hydrogen-bond acceptors (Lipinski definition) is 6. The van der Waals surface area contributed by atoms with Gasteiger partial charge in [0, 0.05) is 24.0 Å². The van der Waals surface area contributed by atoms with Crippen molar-refractivity contribution in [2.45, 2.75) is 37.0 Å². The molecule has 36 heavy (non-hydrogen) atoms. The summed E-state index contributed by atoms with van der Waals surface area (Å²) in [6, 6.07) is 20.8. The number of benzene rings is 2. The van der Waals surface area contributed by atoms with E-state index in [-0.39, 0.29) is 23.6 Å². The van der Waals surface area contributed by atoms with E-state index in [9.17, 15) is 9.59 Å². The number of nitrogens with zero attached hydrogens (tertiary/aromatic N) is 4. The second-order valence-electron chi connectivity index (χ2n) is 8.63. The molecule has 2 N–H and O–H groups in total. The maximum Gasteiger partial charge on any atom is 0.253 e. The molecule has 1 fully saturated rings. The van der Waals surface area contributed by atoms with Crippen molar-refractivity contribution in [2.75, 3.05) is 11.1 Å². The largest absolute Gasteiger partial charge is 0.345 e. The number of thioether (sulfide) groups is 1. The number of amides is 2. The van der Waals surface area contributed by atoms with Crippen LogP contribution in [0.25, 0.3) is 11.4 Å². The van der Waals surface area contributed by atoms with Crippen LogP contribution in [0.5, 0.6) is 0 Å². The van der Waals surface area contributed by atoms with Crippen LogP contribution in [0.3, 0.4) is 0 Å². The van der Waals surface area contributed by atoms with Crippen molar-refractivity contribution in [3.63, 3.8) is 0 Å². The van der Waals surface area contributed by atoms with Gasteiger partial charge in [-0.2, -0.15) is 0 Å². The molecule has 0 spiro atoms. The van der Waals surface area contributed by atoms with Crippen molar-refractivity contribution in [3.8, 4) is 11.4 Å². The van der Waals surface area contributed by atoms with E-state index < -0.39 is 0 Å². The van der Waals surface area contributed by atoms with E-state index in [2.05, 4.69) is 30.4 Å². The molecule has 0 bridgehead atoms. The van der Waals surface area contributed by atoms with Crippen molar-refractivity contribution in [1.29, 1.82) is 0 Å². The average molecular weight is 499 g/mol. The van der Waals surface area contributed by atoms with Crippen LogP contribution in [0.4, 0.5) is 5.69 Å². The first-order chi connectivity index (χ1) is 17.6. The van der Waals surface area contributed by atoms with E-state index in [0.29, 0.717) is 22.4 Å². The minimum atomic E-state index is -0.245. The van der Waals surface area contributed by atoms with Crippen LogP contribution in [0.2, 0.25) is 0 Å². The van der Waals surface area contributed by atoms with E-state index in [4.69, 9.17) is 0 Å². The van der Waals surface area contributed by atoms with Gasteiger partial charge in [-0.3, -0.25) is 19.1 Å². The zero-order valence-electron chi connectivity index (χ0n) is 19.8. The Kier molecular flexibility index (Phi) is 7.08. The standard InChI is InChI=1S/C27H26N6O2S/c1-18(19-7-3-2-4-8-19)29-26(35)22-9-5-6-10-23(22)30-24(34)17-36-27-32-31-25(33(27)21-11-12-21)20-13-15-28-16-14-20/h2-10,13-16,18,21H,11-12,17H2,1H3,(H,29,35)(H,30,34)/t18-/m0/s1. The molecule has 1 aliphatic carbocycles. The normalized spacial score (nSPS) is 13.7. The molecule has 4 aromatic rings. The molecule has 0 saturated heterocycles. The molecular weight excluding hydrogens is 472 g/mol. The maximum atomic E-state index is 13.0. The molecule has 0 aliphatic heterocycles. The van der Waals surface area contributed by atoms with E-state index in [0.717, 1.165) is 29.8 Å². The van der Waals surface area contributed by atoms with E-state index in [1.807, 2.05) is 49.4 Å². The molecule has 2 aromatic heterocycles. The van der Waals surface area contributed by atoms with Crippen molar-refractivity contribution in [1.82, 2.24) is 25.1 Å². The van der Waals surface area contributed by atoms with Gasteiger partial charge in [-0.15, -0.1) is 10.2 Å². The third kappa shape index (κ3) is 5.46. The molecule has 5 rings (SSSR count). The van der Waals surface area contributed by atoms with Crippen molar-refractivity contribution >= 4 is 29.3 Å². The molecular formula is C27H26N6O2S. The lowest BCUT2D eigenvalue weighted by Gasteiger charge is -2.16. The Balaban J connectivity index is 1.25. The van der Waals surface area contributed by atoms with Crippen molar-refractivity contribution in [3.05, 3.63) is 90.3 Å². The molecule has 1 aliphatic rings. The van der Waals surface area contributed by atoms with Crippen LogP contribution < -0.4 is 10.6 Å². The summed E-state index contributed by atoms with van der Waals surface area (Å²) in [6.45, 7) is 1.93. The smallest absolute Gasteiger partial charge is 0.253 e. The van der Waals surface area contributed by atoms with Crippen molar-refractivity contribution < 1.29 is 9.59 Å². The summed E-state index contributed by atoms with van der Waals surface area (Å²) in [5.41, 5.74) is 2.85. The quantitative estimate of drug-likeness (QED) is 0.319. The van der Waals surface area contributed by atoms with Gasteiger partial charge in [0.25, 0.3) is 5.91 Å². The first-order valence-corrected chi connectivity index (χ1v) is 12.8. The van der Waals surface area contributed by atoms with Crippen LogP contribution in [0, 0.1) is 0 Å². The highest BCUT2D eigenvalue weighted by Crippen LogP contribution is 2.41. The first kappa shape index (κ1) is 23.7. The Morgan fingerprint density at radius 1 is 1.00 bits per heavy atom. The number of hydrogen-bond donors (Lipinski definition) is 2. The zero-order chi connectivity index (χ0) is 24.9. The number of para-hydroxylation sites is 1. The minimum absolute atomic E-state index is 0.150. The molecule has 1 atom stereocenters. The molecule has 1 saturated carbocycles. The predicted molar refractivity (Wildman–Crippen MR) is 140 cm³/mol. The van der Waals surface area contributed by atoms with Gasteiger partial charge in [-0.25, -0.2) is 0 Å². The molecule has 9 heteroatoms. The molecule has 182 valence electrons. The number of anilines is 1. The fourth-order valence-corrected chi connectivity index (χ4v) is 4.75. The highest BCUT2D eigenvalue weighted by atomic mass is 32.2. The van der Waals surface area contributed by atoms with Gasteiger partial charge in [-0.05, 0) is 49.6 Å². The Bertz CT molecular complexity index is 1360. The third-order valence-electron chi connectivity index (χ3n) is 5.94. The van der Waals surface area contributed by atoms with Gasteiger partial charge >= 0.3 is 0 Å². The molecule has 8 nitrogen and oxygen atoms in total. The summed E-state index contributed by atoms with van der Waals surface area (Å²) in [6.07, 6.45) is 5.60. The number of rotatable bonds is 9. The molecule has 0 radical (unpaired) electrons. The van der Waals surface area contributed by atoms with E-state index in [1.54, 1.807) is 36.7 Å². The van der Waals surface area contributed by atoms with Crippen LogP contribution in [0.1, 0.15) is 47.8 Å². The number of nitrogens with one attached hydrogen (secondary N) is 2. The Morgan fingerprint density at radius 2 is 1.72 bits per heavy atom. The number of aromatic nitrogens is 4. The Morgan fingerprint density at radius 3 is 2.47 bits per heavy atom. The summed E-state index contributed by atoms with van der Waals surface area (Å²) in [5, 5.41) is 15.3. The van der Waals surface area contributed by atoms with E-state index in [1.165, 1.54) is 11.8 Å². The third-order valence-corrected chi connectivity index (χ3v) is 6.88. The number of pyridine rings is 1. The second-order valence-corrected chi connectivity index (χ2v) is 9.57. The van der Waals surface area contributed by atoms with Gasteiger partial charge in [0.05, 0.1) is 23.0 Å². The summed E-state index contributed by atoms with van der Waals surface area (Å²) in [7, 11) is 0. The maximum absolute atomic E-state index is 13.0. The second kappa shape index (κ2) is 10.7. The van der Waals surface area contributed by atoms with Crippen LogP contribution in [0.15, 0.2) is 84.3 Å². The van der Waals surface area contributed by atoms with Crippen molar-refractivity contribution in [2.24, 2.45) is 0 Å². The fraction of sp³-hybridized carbons (Fsp3) is 0.222. The monoisotopic (exact) mass is 498 g/mol. The predicted octanol–water partition coefficient (Wildman–Crippen LogP) is 4.90. The fourth-order valence-electron chi connectivity index (χ4n) is 3.94. The first-order valence-electron chi connectivity index (χ1n) is 11.8. The molecule has 2 aromatic carbocycles. The van der Waals surface area contributed by atoms with Crippen LogP contribution in [-0.4, -0.2) is 37.3 Å². The van der Waals surface area contributed by atoms with E-state index >= 15 is 0 Å². The highest BCUT2D eigenvalue weighted by Gasteiger charge is 2.30. The summed E-state index contributed by atoms with van der Waals surface area (Å²) in [4.78, 5) is 29.9. The van der Waals surface area contributed by atoms with Crippen LogP contribution >= 0.6 is 11.8 Å². The zero-order valence-corrected chi connectivity index (χ0v) is 20.6. The van der Waals surface area contributed by atoms with Crippen LogP contribution in [-0.2, 0) is 4.79 Å². The minimum Gasteiger partial charge on any atom is -0.345 e. The lowest BCUT2D eigenvalue weighted by atomic mass is 10.1. The summed E-state index contributed by atoms with van der Waals surface area (Å²) in [5.74, 6) is 0.479. The molecule has 2 heterocycles. The van der Waals surface area contributed by atoms with Gasteiger partial charge in [0.2, 0.25) is 5.91 Å². The topological polar surface area (TPSA) is 102 Å². The lowest BCUT2D eigenvalue weighted by molar-refractivity contribution is -0.113. The van der Waals surface area contributed by atoms with Gasteiger partial charge < -0.3 is 10.6 Å². The van der Waals surface area contributed by atoms with Gasteiger partial charge in [0.15, 0.2) is 11.0 Å². The SMILES string of the molecule is C[C@H](NC(=O)c1ccccc1NC(=O)CSc1nnc(-c2ccncc2)n1C1CC1)c1ccccc1. The van der Waals surface area contributed by atoms with Gasteiger partial charge in [0.1, 0.15) is 0 Å². The molecule has 2 amide bonds. The summed E-state index contributed by atoms with van der Waals surface area (Å²) < 4.78 is 2.11. The number of carbonyl (C=O) groups is 2. The highest BCUT2D eigenvalue weighted by molar-refractivity contribution is 7.99. The number of carbonyl (C=O) groups excluding carboxylic acids is 2.